The maximum atomic E-state index is 12.8. The van der Waals surface area contributed by atoms with Crippen LogP contribution in [0.15, 0.2) is 23.1 Å². The molecular weight excluding hydrogens is 316 g/mol. The maximum Gasteiger partial charge on any atom is 0.383 e. The van der Waals surface area contributed by atoms with Gasteiger partial charge in [0.05, 0.1) is 4.90 Å². The van der Waals surface area contributed by atoms with Crippen LogP contribution in [0.4, 0.5) is 23.2 Å². The number of alkyl halides is 4. The molecule has 21 heavy (non-hydrogen) atoms. The van der Waals surface area contributed by atoms with E-state index >= 15 is 0 Å². The van der Waals surface area contributed by atoms with E-state index in [0.29, 0.717) is 5.56 Å². The fraction of sp³-hybridized carbons (Fsp3) is 0.364. The van der Waals surface area contributed by atoms with Crippen molar-refractivity contribution in [3.63, 3.8) is 0 Å². The summed E-state index contributed by atoms with van der Waals surface area (Å²) in [4.78, 5) is 10.8. The molecule has 5 nitrogen and oxygen atoms in total. The summed E-state index contributed by atoms with van der Waals surface area (Å²) in [5.74, 6) is -7.08. The summed E-state index contributed by atoms with van der Waals surface area (Å²) in [5, 5.41) is 1.57. The second-order valence-corrected chi connectivity index (χ2v) is 5.92. The first-order valence-corrected chi connectivity index (χ1v) is 7.02. The zero-order valence-corrected chi connectivity index (χ0v) is 11.8. The van der Waals surface area contributed by atoms with Crippen molar-refractivity contribution in [1.29, 1.82) is 0 Å². The molecule has 0 fully saturated rings. The highest BCUT2D eigenvalue weighted by molar-refractivity contribution is 7.89. The molecule has 0 atom stereocenters. The SMILES string of the molecule is CNS(=O)(=O)c1cc(NC(=O)C(F)(F)C(F)F)ccc1C. The van der Waals surface area contributed by atoms with Crippen LogP contribution >= 0.6 is 0 Å². The molecular formula is C11H12F4N2O3S. The first-order valence-electron chi connectivity index (χ1n) is 5.54. The number of carbonyl (C=O) groups is 1. The Hall–Kier alpha value is -1.68. The van der Waals surface area contributed by atoms with Crippen LogP contribution < -0.4 is 10.0 Å². The van der Waals surface area contributed by atoms with E-state index in [0.717, 1.165) is 19.2 Å². The Kier molecular flexibility index (Phi) is 4.95. The standard InChI is InChI=1S/C11H12F4N2O3S/c1-6-3-4-7(5-8(6)21(19,20)16-2)17-10(18)11(14,15)9(12)13/h3-5,9,16H,1-2H3,(H,17,18). The highest BCUT2D eigenvalue weighted by atomic mass is 32.2. The summed E-state index contributed by atoms with van der Waals surface area (Å²) < 4.78 is 75.1. The Morgan fingerprint density at radius 1 is 1.29 bits per heavy atom. The molecule has 0 unspecified atom stereocenters. The summed E-state index contributed by atoms with van der Waals surface area (Å²) in [6, 6.07) is 3.28. The minimum Gasteiger partial charge on any atom is -0.321 e. The third kappa shape index (κ3) is 3.70. The molecule has 0 aliphatic carbocycles. The molecule has 0 bridgehead atoms. The van der Waals surface area contributed by atoms with Crippen molar-refractivity contribution >= 4 is 21.6 Å². The molecule has 0 radical (unpaired) electrons. The van der Waals surface area contributed by atoms with Crippen molar-refractivity contribution in [3.8, 4) is 0 Å². The van der Waals surface area contributed by atoms with E-state index in [2.05, 4.69) is 0 Å². The van der Waals surface area contributed by atoms with Gasteiger partial charge in [0.15, 0.2) is 0 Å². The summed E-state index contributed by atoms with van der Waals surface area (Å²) >= 11 is 0. The lowest BCUT2D eigenvalue weighted by molar-refractivity contribution is -0.163. The van der Waals surface area contributed by atoms with Crippen LogP contribution in [-0.2, 0) is 14.8 Å². The molecule has 0 saturated heterocycles. The molecule has 0 aromatic heterocycles. The monoisotopic (exact) mass is 328 g/mol. The van der Waals surface area contributed by atoms with Crippen LogP contribution in [0.3, 0.4) is 0 Å². The van der Waals surface area contributed by atoms with Gasteiger partial charge in [0.25, 0.3) is 0 Å². The van der Waals surface area contributed by atoms with E-state index in [1.54, 1.807) is 5.32 Å². The van der Waals surface area contributed by atoms with Crippen LogP contribution in [0.1, 0.15) is 5.56 Å². The molecule has 0 heterocycles. The van der Waals surface area contributed by atoms with Crippen LogP contribution in [0.25, 0.3) is 0 Å². The third-order valence-corrected chi connectivity index (χ3v) is 4.14. The van der Waals surface area contributed by atoms with Gasteiger partial charge >= 0.3 is 18.3 Å². The minimum atomic E-state index is -4.87. The lowest BCUT2D eigenvalue weighted by Gasteiger charge is -2.15. The smallest absolute Gasteiger partial charge is 0.321 e. The van der Waals surface area contributed by atoms with Gasteiger partial charge in [-0.3, -0.25) is 4.79 Å². The molecule has 10 heteroatoms. The molecule has 1 amide bonds. The average Bonchev–Trinajstić information content (AvgIpc) is 2.40. The zero-order valence-electron chi connectivity index (χ0n) is 11.0. The number of sulfonamides is 1. The van der Waals surface area contributed by atoms with Crippen LogP contribution in [0.5, 0.6) is 0 Å². The normalized spacial score (nSPS) is 12.5. The molecule has 1 aromatic rings. The fourth-order valence-corrected chi connectivity index (χ4v) is 2.38. The Morgan fingerprint density at radius 3 is 2.33 bits per heavy atom. The largest absolute Gasteiger partial charge is 0.383 e. The number of rotatable bonds is 5. The molecule has 0 saturated carbocycles. The fourth-order valence-electron chi connectivity index (χ4n) is 1.39. The molecule has 0 aliphatic rings. The van der Waals surface area contributed by atoms with Crippen molar-refractivity contribution in [2.45, 2.75) is 24.2 Å². The van der Waals surface area contributed by atoms with Crippen LogP contribution in [0, 0.1) is 6.92 Å². The lowest BCUT2D eigenvalue weighted by atomic mass is 10.2. The van der Waals surface area contributed by atoms with Gasteiger partial charge in [0, 0.05) is 5.69 Å². The summed E-state index contributed by atoms with van der Waals surface area (Å²) in [6.07, 6.45) is -4.16. The molecule has 1 rings (SSSR count). The number of hydrogen-bond acceptors (Lipinski definition) is 3. The Labute approximate surface area is 118 Å². The number of carbonyl (C=O) groups excluding carboxylic acids is 1. The molecule has 2 N–H and O–H groups in total. The van der Waals surface area contributed by atoms with Crippen LogP contribution in [-0.4, -0.2) is 33.7 Å². The van der Waals surface area contributed by atoms with E-state index in [9.17, 15) is 30.8 Å². The first kappa shape index (κ1) is 17.4. The predicted octanol–water partition coefficient (Wildman–Crippen LogP) is 1.74. The zero-order chi connectivity index (χ0) is 16.4. The number of halogens is 4. The lowest BCUT2D eigenvalue weighted by Crippen LogP contribution is -2.41. The van der Waals surface area contributed by atoms with E-state index in [-0.39, 0.29) is 10.6 Å². The third-order valence-electron chi connectivity index (χ3n) is 2.58. The van der Waals surface area contributed by atoms with Gasteiger partial charge in [0.1, 0.15) is 0 Å². The van der Waals surface area contributed by atoms with Gasteiger partial charge in [-0.2, -0.15) is 8.78 Å². The van der Waals surface area contributed by atoms with Crippen molar-refractivity contribution in [3.05, 3.63) is 23.8 Å². The second kappa shape index (κ2) is 5.98. The van der Waals surface area contributed by atoms with Crippen molar-refractivity contribution < 1.29 is 30.8 Å². The highest BCUT2D eigenvalue weighted by Crippen LogP contribution is 2.26. The van der Waals surface area contributed by atoms with E-state index in [1.807, 2.05) is 4.72 Å². The number of hydrogen-bond donors (Lipinski definition) is 2. The van der Waals surface area contributed by atoms with Crippen molar-refractivity contribution in [2.24, 2.45) is 0 Å². The first-order chi connectivity index (χ1) is 9.52. The summed E-state index contributed by atoms with van der Waals surface area (Å²) in [5.41, 5.74) is -0.0391. The van der Waals surface area contributed by atoms with E-state index in [4.69, 9.17) is 0 Å². The van der Waals surface area contributed by atoms with Gasteiger partial charge < -0.3 is 5.32 Å². The quantitative estimate of drug-likeness (QED) is 0.809. The predicted molar refractivity (Wildman–Crippen MR) is 67.0 cm³/mol. The van der Waals surface area contributed by atoms with Crippen LogP contribution in [0.2, 0.25) is 0 Å². The van der Waals surface area contributed by atoms with Gasteiger partial charge in [-0.1, -0.05) is 6.07 Å². The number of anilines is 1. The Morgan fingerprint density at radius 2 is 1.86 bits per heavy atom. The highest BCUT2D eigenvalue weighted by Gasteiger charge is 2.49. The Bertz CT molecular complexity index is 647. The number of amides is 1. The van der Waals surface area contributed by atoms with E-state index in [1.165, 1.54) is 13.0 Å². The maximum absolute atomic E-state index is 12.8. The van der Waals surface area contributed by atoms with Gasteiger partial charge in [-0.15, -0.1) is 0 Å². The summed E-state index contributed by atoms with van der Waals surface area (Å²) in [6.45, 7) is 1.45. The molecule has 1 aromatic carbocycles. The average molecular weight is 328 g/mol. The van der Waals surface area contributed by atoms with Gasteiger partial charge in [-0.25, -0.2) is 21.9 Å². The Balaban J connectivity index is 3.13. The second-order valence-electron chi connectivity index (χ2n) is 4.07. The summed E-state index contributed by atoms with van der Waals surface area (Å²) in [7, 11) is -2.73. The minimum absolute atomic E-state index is 0.261. The topological polar surface area (TPSA) is 75.3 Å². The number of nitrogens with one attached hydrogen (secondary N) is 2. The molecule has 0 aliphatic heterocycles. The molecule has 118 valence electrons. The van der Waals surface area contributed by atoms with Gasteiger partial charge in [0.2, 0.25) is 10.0 Å². The molecule has 0 spiro atoms. The van der Waals surface area contributed by atoms with Crippen molar-refractivity contribution in [1.82, 2.24) is 4.72 Å². The number of aryl methyl sites for hydroxylation is 1. The number of benzene rings is 1. The van der Waals surface area contributed by atoms with E-state index < -0.39 is 28.3 Å². The van der Waals surface area contributed by atoms with Crippen molar-refractivity contribution in [2.75, 3.05) is 12.4 Å². The van der Waals surface area contributed by atoms with Gasteiger partial charge in [-0.05, 0) is 31.7 Å².